The largest absolute Gasteiger partial charge is 0.342 e. The number of nitrogens with one attached hydrogen (secondary N) is 2. The lowest BCUT2D eigenvalue weighted by Gasteiger charge is -2.15. The maximum Gasteiger partial charge on any atom is 0.251 e. The van der Waals surface area contributed by atoms with Crippen LogP contribution in [0.2, 0.25) is 15.1 Å². The molecule has 1 heterocycles. The van der Waals surface area contributed by atoms with Crippen molar-refractivity contribution in [3.05, 3.63) is 67.3 Å². The van der Waals surface area contributed by atoms with Crippen molar-refractivity contribution in [2.45, 2.75) is 31.6 Å². The van der Waals surface area contributed by atoms with E-state index in [-0.39, 0.29) is 17.6 Å². The van der Waals surface area contributed by atoms with E-state index in [9.17, 15) is 9.59 Å². The van der Waals surface area contributed by atoms with Gasteiger partial charge in [0.15, 0.2) is 11.0 Å². The van der Waals surface area contributed by atoms with Gasteiger partial charge in [-0.15, -0.1) is 10.2 Å². The van der Waals surface area contributed by atoms with Gasteiger partial charge in [-0.1, -0.05) is 46.6 Å². The molecule has 0 radical (unpaired) electrons. The molecule has 12 heteroatoms. The van der Waals surface area contributed by atoms with Crippen LogP contribution in [-0.4, -0.2) is 32.3 Å². The molecule has 33 heavy (non-hydrogen) atoms. The third-order valence-corrected chi connectivity index (χ3v) is 7.45. The molecule has 3 aromatic rings. The van der Waals surface area contributed by atoms with Crippen LogP contribution in [-0.2, 0) is 11.3 Å². The van der Waals surface area contributed by atoms with E-state index in [1.165, 1.54) is 17.8 Å². The first-order valence-corrected chi connectivity index (χ1v) is 12.7. The third kappa shape index (κ3) is 6.64. The van der Waals surface area contributed by atoms with Crippen molar-refractivity contribution in [2.24, 2.45) is 0 Å². The van der Waals surface area contributed by atoms with E-state index in [1.807, 2.05) is 18.4 Å². The molecule has 0 aliphatic carbocycles. The van der Waals surface area contributed by atoms with Crippen molar-refractivity contribution in [3.63, 3.8) is 0 Å². The number of amides is 2. The van der Waals surface area contributed by atoms with Gasteiger partial charge in [-0.05, 0) is 66.2 Å². The minimum absolute atomic E-state index is 0.135. The molecule has 2 N–H and O–H groups in total. The molecule has 0 bridgehead atoms. The fourth-order valence-electron chi connectivity index (χ4n) is 2.91. The highest BCUT2D eigenvalue weighted by atomic mass is 79.9. The van der Waals surface area contributed by atoms with Gasteiger partial charge in [-0.25, -0.2) is 0 Å². The lowest BCUT2D eigenvalue weighted by Crippen LogP contribution is -2.28. The minimum atomic E-state index is -0.424. The zero-order valence-corrected chi connectivity index (χ0v) is 22.2. The smallest absolute Gasteiger partial charge is 0.251 e. The molecule has 0 unspecified atom stereocenters. The number of anilines is 1. The Morgan fingerprint density at radius 3 is 2.52 bits per heavy atom. The van der Waals surface area contributed by atoms with Gasteiger partial charge in [0.1, 0.15) is 0 Å². The van der Waals surface area contributed by atoms with Gasteiger partial charge in [0.25, 0.3) is 5.91 Å². The molecular weight excluding hydrogens is 573 g/mol. The third-order valence-electron chi connectivity index (χ3n) is 4.51. The first-order valence-electron chi connectivity index (χ1n) is 9.76. The van der Waals surface area contributed by atoms with Crippen molar-refractivity contribution < 1.29 is 9.59 Å². The number of aromatic nitrogens is 3. The first kappa shape index (κ1) is 25.8. The molecule has 1 aromatic heterocycles. The number of halogens is 4. The normalized spacial score (nSPS) is 11.8. The summed E-state index contributed by atoms with van der Waals surface area (Å²) in [4.78, 5) is 24.9. The van der Waals surface area contributed by atoms with Crippen molar-refractivity contribution in [1.82, 2.24) is 20.1 Å². The molecule has 3 rings (SSSR count). The topological polar surface area (TPSA) is 88.9 Å². The Labute approximate surface area is 218 Å². The molecule has 174 valence electrons. The zero-order chi connectivity index (χ0) is 24.1. The van der Waals surface area contributed by atoms with Crippen molar-refractivity contribution in [1.29, 1.82) is 0 Å². The number of carbonyl (C=O) groups is 2. The molecule has 0 saturated heterocycles. The van der Waals surface area contributed by atoms with Gasteiger partial charge < -0.3 is 15.2 Å². The highest BCUT2D eigenvalue weighted by Gasteiger charge is 2.20. The summed E-state index contributed by atoms with van der Waals surface area (Å²) in [5.41, 5.74) is 0.989. The number of carbonyl (C=O) groups excluding carboxylic acids is 2. The van der Waals surface area contributed by atoms with Gasteiger partial charge >= 0.3 is 0 Å². The lowest BCUT2D eigenvalue weighted by atomic mass is 10.2. The lowest BCUT2D eigenvalue weighted by molar-refractivity contribution is -0.113. The van der Waals surface area contributed by atoms with Gasteiger partial charge in [0.2, 0.25) is 5.91 Å². The van der Waals surface area contributed by atoms with E-state index in [1.54, 1.807) is 30.3 Å². The summed E-state index contributed by atoms with van der Waals surface area (Å²) < 4.78 is 2.61. The maximum absolute atomic E-state index is 12.6. The Morgan fingerprint density at radius 1 is 1.09 bits per heavy atom. The van der Waals surface area contributed by atoms with E-state index in [0.717, 1.165) is 4.47 Å². The number of nitrogens with zero attached hydrogens (tertiary/aromatic N) is 3. The van der Waals surface area contributed by atoms with E-state index in [2.05, 4.69) is 36.8 Å². The van der Waals surface area contributed by atoms with E-state index in [4.69, 9.17) is 34.8 Å². The molecule has 0 aliphatic heterocycles. The standard InChI is InChI=1S/C21H19BrCl3N5O2S/c1-3-30-19(11(2)26-20(32)12-4-7-15(23)17(25)8-12)28-29-21(30)33-10-18(31)27-13-5-6-14(22)16(24)9-13/h4-9,11H,3,10H2,1-2H3,(H,26,32)(H,27,31)/t11-/m1/s1. The Kier molecular flexibility index (Phi) is 9.06. The Morgan fingerprint density at radius 2 is 1.85 bits per heavy atom. The Hall–Kier alpha value is -1.78. The average molecular weight is 592 g/mol. The first-order chi connectivity index (χ1) is 15.7. The molecule has 0 spiro atoms. The van der Waals surface area contributed by atoms with Crippen LogP contribution in [0.5, 0.6) is 0 Å². The molecule has 0 aliphatic rings. The summed E-state index contributed by atoms with van der Waals surface area (Å²) in [5, 5.41) is 15.9. The fraction of sp³-hybridized carbons (Fsp3) is 0.238. The summed E-state index contributed by atoms with van der Waals surface area (Å²) in [6.45, 7) is 4.32. The number of thioether (sulfide) groups is 1. The van der Waals surface area contributed by atoms with E-state index < -0.39 is 6.04 Å². The summed E-state index contributed by atoms with van der Waals surface area (Å²) >= 11 is 22.6. The molecular formula is C21H19BrCl3N5O2S. The van der Waals surface area contributed by atoms with Crippen LogP contribution in [0, 0.1) is 0 Å². The molecule has 0 saturated carbocycles. The van der Waals surface area contributed by atoms with Gasteiger partial charge in [0.05, 0.1) is 26.9 Å². The second-order valence-corrected chi connectivity index (χ2v) is 9.89. The second-order valence-electron chi connectivity index (χ2n) is 6.87. The van der Waals surface area contributed by atoms with E-state index >= 15 is 0 Å². The predicted molar refractivity (Wildman–Crippen MR) is 137 cm³/mol. The molecule has 2 aromatic carbocycles. The molecule has 2 amide bonds. The van der Waals surface area contributed by atoms with Crippen LogP contribution in [0.4, 0.5) is 5.69 Å². The summed E-state index contributed by atoms with van der Waals surface area (Å²) in [6, 6.07) is 9.43. The summed E-state index contributed by atoms with van der Waals surface area (Å²) in [7, 11) is 0. The predicted octanol–water partition coefficient (Wildman–Crippen LogP) is 6.24. The highest BCUT2D eigenvalue weighted by Crippen LogP contribution is 2.26. The van der Waals surface area contributed by atoms with Crippen LogP contribution in [0.25, 0.3) is 0 Å². The van der Waals surface area contributed by atoms with Gasteiger partial charge in [0, 0.05) is 22.3 Å². The average Bonchev–Trinajstić information content (AvgIpc) is 3.19. The highest BCUT2D eigenvalue weighted by molar-refractivity contribution is 9.10. The Bertz CT molecular complexity index is 1190. The van der Waals surface area contributed by atoms with Crippen LogP contribution in [0.3, 0.4) is 0 Å². The van der Waals surface area contributed by atoms with Gasteiger partial charge in [-0.3, -0.25) is 9.59 Å². The van der Waals surface area contributed by atoms with Crippen molar-refractivity contribution in [3.8, 4) is 0 Å². The summed E-state index contributed by atoms with van der Waals surface area (Å²) in [5.74, 6) is 0.198. The number of hydrogen-bond donors (Lipinski definition) is 2. The molecule has 1 atom stereocenters. The van der Waals surface area contributed by atoms with Crippen LogP contribution in [0.1, 0.15) is 36.1 Å². The monoisotopic (exact) mass is 589 g/mol. The fourth-order valence-corrected chi connectivity index (χ4v) is 4.44. The van der Waals surface area contributed by atoms with Crippen molar-refractivity contribution >= 4 is 80.0 Å². The number of hydrogen-bond acceptors (Lipinski definition) is 5. The summed E-state index contributed by atoms with van der Waals surface area (Å²) in [6.07, 6.45) is 0. The van der Waals surface area contributed by atoms with Crippen LogP contribution < -0.4 is 10.6 Å². The second kappa shape index (κ2) is 11.6. The number of rotatable bonds is 8. The molecule has 7 nitrogen and oxygen atoms in total. The van der Waals surface area contributed by atoms with Crippen LogP contribution in [0.15, 0.2) is 46.0 Å². The van der Waals surface area contributed by atoms with Crippen LogP contribution >= 0.6 is 62.5 Å². The zero-order valence-electron chi connectivity index (χ0n) is 17.5. The minimum Gasteiger partial charge on any atom is -0.342 e. The quantitative estimate of drug-likeness (QED) is 0.303. The Balaban J connectivity index is 1.63. The number of benzene rings is 2. The van der Waals surface area contributed by atoms with Gasteiger partial charge in [-0.2, -0.15) is 0 Å². The maximum atomic E-state index is 12.6. The SMILES string of the molecule is CCn1c(SCC(=O)Nc2ccc(Br)c(Cl)c2)nnc1[C@@H](C)NC(=O)c1ccc(Cl)c(Cl)c1. The molecule has 0 fully saturated rings. The van der Waals surface area contributed by atoms with Crippen molar-refractivity contribution in [2.75, 3.05) is 11.1 Å². The van der Waals surface area contributed by atoms with E-state index in [0.29, 0.717) is 43.8 Å².